The van der Waals surface area contributed by atoms with Crippen molar-refractivity contribution in [3.63, 3.8) is 0 Å². The minimum atomic E-state index is 0.242. The van der Waals surface area contributed by atoms with Crippen LogP contribution < -0.4 is 4.74 Å². The van der Waals surface area contributed by atoms with Gasteiger partial charge in [0.1, 0.15) is 17.7 Å². The first-order valence-electron chi connectivity index (χ1n) is 6.11. The smallest absolute Gasteiger partial charge is 0.123 e. The van der Waals surface area contributed by atoms with Gasteiger partial charge in [0.2, 0.25) is 0 Å². The summed E-state index contributed by atoms with van der Waals surface area (Å²) in [6, 6.07) is 8.28. The first kappa shape index (κ1) is 10.4. The van der Waals surface area contributed by atoms with Crippen LogP contribution in [0.1, 0.15) is 18.3 Å². The second-order valence-electron chi connectivity index (χ2n) is 4.40. The molecule has 0 bridgehead atoms. The number of ether oxygens (including phenoxy) is 1. The Bertz CT molecular complexity index is 493. The highest BCUT2D eigenvalue weighted by Crippen LogP contribution is 2.28. The molecule has 0 saturated carbocycles. The van der Waals surface area contributed by atoms with Gasteiger partial charge in [-0.2, -0.15) is 0 Å². The van der Waals surface area contributed by atoms with E-state index >= 15 is 0 Å². The van der Waals surface area contributed by atoms with Gasteiger partial charge in [0.25, 0.3) is 0 Å². The van der Waals surface area contributed by atoms with E-state index in [-0.39, 0.29) is 6.10 Å². The lowest BCUT2D eigenvalue weighted by Crippen LogP contribution is -2.21. The van der Waals surface area contributed by atoms with Gasteiger partial charge in [0.05, 0.1) is 6.54 Å². The molecule has 0 N–H and O–H groups in total. The molecule has 1 aromatic carbocycles. The zero-order chi connectivity index (χ0) is 11.7. The molecule has 1 unspecified atom stereocenters. The van der Waals surface area contributed by atoms with E-state index in [2.05, 4.69) is 28.6 Å². The van der Waals surface area contributed by atoms with Gasteiger partial charge in [-0.15, -0.1) is 0 Å². The van der Waals surface area contributed by atoms with Crippen LogP contribution in [-0.4, -0.2) is 15.7 Å². The van der Waals surface area contributed by atoms with Crippen LogP contribution in [-0.2, 0) is 19.4 Å². The van der Waals surface area contributed by atoms with Crippen molar-refractivity contribution in [2.24, 2.45) is 0 Å². The number of imidazole rings is 1. The van der Waals surface area contributed by atoms with Gasteiger partial charge in [0.15, 0.2) is 0 Å². The maximum Gasteiger partial charge on any atom is 0.123 e. The third-order valence-corrected chi connectivity index (χ3v) is 3.23. The van der Waals surface area contributed by atoms with Crippen LogP contribution in [0.5, 0.6) is 5.75 Å². The van der Waals surface area contributed by atoms with Gasteiger partial charge in [-0.3, -0.25) is 0 Å². The van der Waals surface area contributed by atoms with Gasteiger partial charge in [-0.05, 0) is 11.6 Å². The Labute approximate surface area is 101 Å². The summed E-state index contributed by atoms with van der Waals surface area (Å²) >= 11 is 0. The van der Waals surface area contributed by atoms with E-state index in [1.54, 1.807) is 0 Å². The molecular formula is C14H16N2O. The minimum Gasteiger partial charge on any atom is -0.488 e. The molecule has 3 heteroatoms. The zero-order valence-electron chi connectivity index (χ0n) is 9.97. The van der Waals surface area contributed by atoms with Crippen molar-refractivity contribution in [2.45, 2.75) is 32.4 Å². The largest absolute Gasteiger partial charge is 0.488 e. The number of fused-ring (bicyclic) bond motifs is 1. The molecule has 1 aromatic heterocycles. The van der Waals surface area contributed by atoms with Crippen LogP contribution in [0, 0.1) is 0 Å². The molecule has 2 aromatic rings. The van der Waals surface area contributed by atoms with E-state index in [4.69, 9.17) is 4.74 Å². The van der Waals surface area contributed by atoms with Crippen LogP contribution in [0.2, 0.25) is 0 Å². The van der Waals surface area contributed by atoms with Gasteiger partial charge in [-0.25, -0.2) is 4.98 Å². The average Bonchev–Trinajstić information content (AvgIpc) is 2.94. The maximum absolute atomic E-state index is 5.93. The molecule has 0 saturated heterocycles. The van der Waals surface area contributed by atoms with E-state index < -0.39 is 0 Å². The number of rotatable bonds is 3. The summed E-state index contributed by atoms with van der Waals surface area (Å²) in [6.45, 7) is 3.01. The molecule has 3 nitrogen and oxygen atoms in total. The summed E-state index contributed by atoms with van der Waals surface area (Å²) in [5, 5.41) is 0. The van der Waals surface area contributed by atoms with Crippen LogP contribution in [0.15, 0.2) is 36.7 Å². The number of nitrogens with zero attached hydrogens (tertiary/aromatic N) is 2. The highest BCUT2D eigenvalue weighted by molar-refractivity contribution is 5.37. The lowest BCUT2D eigenvalue weighted by Gasteiger charge is -2.13. The normalized spacial score (nSPS) is 17.8. The molecule has 1 aliphatic rings. The summed E-state index contributed by atoms with van der Waals surface area (Å²) in [5.74, 6) is 2.17. The van der Waals surface area contributed by atoms with Crippen LogP contribution in [0.4, 0.5) is 0 Å². The Hall–Kier alpha value is -1.77. The van der Waals surface area contributed by atoms with Crippen LogP contribution in [0.3, 0.4) is 0 Å². The van der Waals surface area contributed by atoms with Gasteiger partial charge in [-0.1, -0.05) is 25.1 Å². The molecule has 17 heavy (non-hydrogen) atoms. The van der Waals surface area contributed by atoms with E-state index in [0.717, 1.165) is 31.0 Å². The molecule has 0 radical (unpaired) electrons. The fourth-order valence-electron chi connectivity index (χ4n) is 2.40. The average molecular weight is 228 g/mol. The fourth-order valence-corrected chi connectivity index (χ4v) is 2.40. The number of aryl methyl sites for hydroxylation is 1. The fraction of sp³-hybridized carbons (Fsp3) is 0.357. The van der Waals surface area contributed by atoms with Crippen molar-refractivity contribution >= 4 is 0 Å². The summed E-state index contributed by atoms with van der Waals surface area (Å²) in [5.41, 5.74) is 1.32. The van der Waals surface area contributed by atoms with E-state index in [9.17, 15) is 0 Å². The highest BCUT2D eigenvalue weighted by Gasteiger charge is 2.22. The first-order chi connectivity index (χ1) is 8.36. The van der Waals surface area contributed by atoms with E-state index in [1.165, 1.54) is 5.56 Å². The number of hydrogen-bond donors (Lipinski definition) is 0. The Morgan fingerprint density at radius 3 is 3.12 bits per heavy atom. The van der Waals surface area contributed by atoms with Crippen molar-refractivity contribution in [3.8, 4) is 5.75 Å². The monoisotopic (exact) mass is 228 g/mol. The zero-order valence-corrected chi connectivity index (χ0v) is 9.97. The molecule has 0 spiro atoms. The van der Waals surface area contributed by atoms with Crippen molar-refractivity contribution < 1.29 is 4.74 Å². The molecule has 1 atom stereocenters. The maximum atomic E-state index is 5.93. The highest BCUT2D eigenvalue weighted by atomic mass is 16.5. The van der Waals surface area contributed by atoms with E-state index in [1.807, 2.05) is 24.5 Å². The molecule has 3 rings (SSSR count). The van der Waals surface area contributed by atoms with Crippen molar-refractivity contribution in [1.29, 1.82) is 0 Å². The number of para-hydroxylation sites is 1. The third kappa shape index (κ3) is 1.93. The number of benzene rings is 1. The third-order valence-electron chi connectivity index (χ3n) is 3.23. The van der Waals surface area contributed by atoms with Gasteiger partial charge >= 0.3 is 0 Å². The topological polar surface area (TPSA) is 27.1 Å². The molecule has 2 heterocycles. The molecule has 0 aliphatic carbocycles. The Balaban J connectivity index is 1.74. The Morgan fingerprint density at radius 2 is 2.29 bits per heavy atom. The molecule has 88 valence electrons. The number of hydrogen-bond acceptors (Lipinski definition) is 2. The Morgan fingerprint density at radius 1 is 1.41 bits per heavy atom. The quantitative estimate of drug-likeness (QED) is 0.806. The summed E-state index contributed by atoms with van der Waals surface area (Å²) in [6.07, 6.45) is 6.10. The van der Waals surface area contributed by atoms with Crippen LogP contribution in [0.25, 0.3) is 0 Å². The first-order valence-corrected chi connectivity index (χ1v) is 6.11. The van der Waals surface area contributed by atoms with Gasteiger partial charge in [0, 0.05) is 25.2 Å². The summed E-state index contributed by atoms with van der Waals surface area (Å²) in [4.78, 5) is 4.33. The van der Waals surface area contributed by atoms with Crippen molar-refractivity contribution in [2.75, 3.05) is 0 Å². The summed E-state index contributed by atoms with van der Waals surface area (Å²) in [7, 11) is 0. The van der Waals surface area contributed by atoms with E-state index in [0.29, 0.717) is 0 Å². The predicted molar refractivity (Wildman–Crippen MR) is 66.2 cm³/mol. The lowest BCUT2D eigenvalue weighted by atomic mass is 10.1. The summed E-state index contributed by atoms with van der Waals surface area (Å²) < 4.78 is 8.12. The number of aromatic nitrogens is 2. The lowest BCUT2D eigenvalue weighted by molar-refractivity contribution is 0.207. The standard InChI is InChI=1S/C14H16N2O/c1-2-14-15-7-8-16(14)10-12-9-11-5-3-4-6-13(11)17-12/h3-8,12H,2,9-10H2,1H3. The minimum absolute atomic E-state index is 0.242. The predicted octanol–water partition coefficient (Wildman–Crippen LogP) is 2.45. The SMILES string of the molecule is CCc1nccn1CC1Cc2ccccc2O1. The van der Waals surface area contributed by atoms with Gasteiger partial charge < -0.3 is 9.30 Å². The molecular weight excluding hydrogens is 212 g/mol. The van der Waals surface area contributed by atoms with Crippen molar-refractivity contribution in [3.05, 3.63) is 48.0 Å². The molecule has 0 fully saturated rings. The second-order valence-corrected chi connectivity index (χ2v) is 4.40. The van der Waals surface area contributed by atoms with Crippen molar-refractivity contribution in [1.82, 2.24) is 9.55 Å². The second kappa shape index (κ2) is 4.24. The van der Waals surface area contributed by atoms with Crippen LogP contribution >= 0.6 is 0 Å². The Kier molecular flexibility index (Phi) is 2.59. The molecule has 1 aliphatic heterocycles. The molecule has 0 amide bonds.